The number of aromatic nitrogens is 3. The van der Waals surface area contributed by atoms with Crippen molar-refractivity contribution in [3.05, 3.63) is 113 Å². The Morgan fingerprint density at radius 2 is 1.66 bits per heavy atom. The predicted octanol–water partition coefficient (Wildman–Crippen LogP) is 4.48. The number of nitrogens with one attached hydrogen (secondary N) is 3. The molecule has 7 nitrogen and oxygen atoms in total. The summed E-state index contributed by atoms with van der Waals surface area (Å²) in [5, 5.41) is 14.5. The summed E-state index contributed by atoms with van der Waals surface area (Å²) in [6.45, 7) is 3.01. The van der Waals surface area contributed by atoms with E-state index in [-0.39, 0.29) is 12.1 Å². The van der Waals surface area contributed by atoms with Gasteiger partial charge in [-0.15, -0.1) is 0 Å². The maximum Gasteiger partial charge on any atom is 0.315 e. The van der Waals surface area contributed by atoms with Crippen LogP contribution in [0.2, 0.25) is 5.02 Å². The Bertz CT molecular complexity index is 1560. The Labute approximate surface area is 227 Å². The standard InChI is InChI=1S/C29H28BClN6O/c1-19(22-7-3-2-4-8-22)35-29(38)33-17-21-13-11-20(12-14-21)16-32-27-15-26(23-9-5-6-10-25(23)31)36-28-24(30)18-34-37(27)28/h2-15,18-19,32H,16-17,30H2,1H3,(H2,33,35,38)/t19-/m1/s1. The Hall–Kier alpha value is -4.30. The molecule has 1 atom stereocenters. The molecule has 3 N–H and O–H groups in total. The second kappa shape index (κ2) is 11.4. The molecule has 0 bridgehead atoms. The van der Waals surface area contributed by atoms with Gasteiger partial charge in [0, 0.05) is 35.9 Å². The maximum atomic E-state index is 12.3. The predicted molar refractivity (Wildman–Crippen MR) is 156 cm³/mol. The van der Waals surface area contributed by atoms with Crippen LogP contribution in [0.1, 0.15) is 29.7 Å². The highest BCUT2D eigenvalue weighted by Gasteiger charge is 2.13. The van der Waals surface area contributed by atoms with Gasteiger partial charge in [0.1, 0.15) is 13.7 Å². The molecule has 38 heavy (non-hydrogen) atoms. The first-order chi connectivity index (χ1) is 18.5. The van der Waals surface area contributed by atoms with E-state index in [4.69, 9.17) is 16.6 Å². The molecule has 2 aromatic heterocycles. The van der Waals surface area contributed by atoms with Gasteiger partial charge in [-0.1, -0.05) is 84.4 Å². The van der Waals surface area contributed by atoms with Crippen molar-refractivity contribution in [3.8, 4) is 11.3 Å². The van der Waals surface area contributed by atoms with Crippen LogP contribution in [0.15, 0.2) is 91.1 Å². The van der Waals surface area contributed by atoms with E-state index < -0.39 is 0 Å². The number of rotatable bonds is 8. The van der Waals surface area contributed by atoms with Crippen molar-refractivity contribution in [2.24, 2.45) is 0 Å². The highest BCUT2D eigenvalue weighted by atomic mass is 35.5. The SMILES string of the molecule is Bc1cnn2c(NCc3ccc(CNC(=O)N[C@H](C)c4ccccc4)cc3)cc(-c3ccccc3Cl)nc12. The molecule has 0 saturated carbocycles. The fourth-order valence-electron chi connectivity index (χ4n) is 4.23. The summed E-state index contributed by atoms with van der Waals surface area (Å²) in [7, 11) is 1.99. The van der Waals surface area contributed by atoms with Gasteiger partial charge >= 0.3 is 6.03 Å². The van der Waals surface area contributed by atoms with Crippen LogP contribution >= 0.6 is 11.6 Å². The van der Waals surface area contributed by atoms with Crippen LogP contribution in [-0.4, -0.2) is 28.5 Å². The van der Waals surface area contributed by atoms with Gasteiger partial charge in [0.05, 0.1) is 11.7 Å². The lowest BCUT2D eigenvalue weighted by Gasteiger charge is -2.15. The lowest BCUT2D eigenvalue weighted by molar-refractivity contribution is 0.237. The molecule has 0 aliphatic heterocycles. The zero-order valence-electron chi connectivity index (χ0n) is 21.3. The molecule has 0 saturated heterocycles. The summed E-state index contributed by atoms with van der Waals surface area (Å²) in [5.74, 6) is 0.827. The molecule has 2 heterocycles. The summed E-state index contributed by atoms with van der Waals surface area (Å²) in [6, 6.07) is 27.4. The highest BCUT2D eigenvalue weighted by molar-refractivity contribution is 6.36. The largest absolute Gasteiger partial charge is 0.366 e. The zero-order valence-corrected chi connectivity index (χ0v) is 22.0. The van der Waals surface area contributed by atoms with Crippen molar-refractivity contribution >= 4 is 42.4 Å². The summed E-state index contributed by atoms with van der Waals surface area (Å²) in [4.78, 5) is 17.1. The van der Waals surface area contributed by atoms with Crippen LogP contribution in [0.5, 0.6) is 0 Å². The van der Waals surface area contributed by atoms with Gasteiger partial charge in [0.2, 0.25) is 0 Å². The number of carbonyl (C=O) groups excluding carboxylic acids is 1. The van der Waals surface area contributed by atoms with Crippen molar-refractivity contribution < 1.29 is 4.79 Å². The normalized spacial score (nSPS) is 11.7. The van der Waals surface area contributed by atoms with Crippen molar-refractivity contribution in [3.63, 3.8) is 0 Å². The van der Waals surface area contributed by atoms with Gasteiger partial charge in [0.25, 0.3) is 0 Å². The molecule has 5 aromatic rings. The second-order valence-corrected chi connectivity index (χ2v) is 9.61. The van der Waals surface area contributed by atoms with Gasteiger partial charge in [-0.05, 0) is 35.1 Å². The number of fused-ring (bicyclic) bond motifs is 1. The molecule has 2 amide bonds. The van der Waals surface area contributed by atoms with Crippen molar-refractivity contribution in [2.45, 2.75) is 26.1 Å². The van der Waals surface area contributed by atoms with E-state index >= 15 is 0 Å². The number of carbonyl (C=O) groups is 1. The molecule has 0 aliphatic carbocycles. The zero-order chi connectivity index (χ0) is 26.5. The summed E-state index contributed by atoms with van der Waals surface area (Å²) < 4.78 is 1.81. The molecule has 0 unspecified atom stereocenters. The molecule has 3 aromatic carbocycles. The number of nitrogens with zero attached hydrogens (tertiary/aromatic N) is 3. The maximum absolute atomic E-state index is 12.3. The summed E-state index contributed by atoms with van der Waals surface area (Å²) in [6.07, 6.45) is 1.81. The minimum Gasteiger partial charge on any atom is -0.366 e. The molecular formula is C29H28BClN6O. The Morgan fingerprint density at radius 1 is 0.974 bits per heavy atom. The topological polar surface area (TPSA) is 83.3 Å². The van der Waals surface area contributed by atoms with E-state index in [9.17, 15) is 4.79 Å². The number of hydrogen-bond acceptors (Lipinski definition) is 4. The molecule has 0 fully saturated rings. The lowest BCUT2D eigenvalue weighted by atomic mass is 10.0. The van der Waals surface area contributed by atoms with Gasteiger partial charge in [-0.3, -0.25) is 0 Å². The van der Waals surface area contributed by atoms with E-state index in [1.165, 1.54) is 0 Å². The van der Waals surface area contributed by atoms with E-state index in [1.807, 2.05) is 98.3 Å². The van der Waals surface area contributed by atoms with Crippen LogP contribution in [0.3, 0.4) is 0 Å². The first-order valence-corrected chi connectivity index (χ1v) is 12.9. The van der Waals surface area contributed by atoms with Gasteiger partial charge < -0.3 is 16.0 Å². The quantitative estimate of drug-likeness (QED) is 0.262. The number of anilines is 1. The summed E-state index contributed by atoms with van der Waals surface area (Å²) in [5.41, 5.74) is 6.62. The van der Waals surface area contributed by atoms with Gasteiger partial charge in [-0.25, -0.2) is 9.78 Å². The third kappa shape index (κ3) is 5.81. The molecule has 0 radical (unpaired) electrons. The fourth-order valence-corrected chi connectivity index (χ4v) is 4.46. The Balaban J connectivity index is 1.22. The Morgan fingerprint density at radius 3 is 2.39 bits per heavy atom. The minimum absolute atomic E-state index is 0.0682. The van der Waals surface area contributed by atoms with Crippen molar-refractivity contribution in [1.29, 1.82) is 0 Å². The molecule has 190 valence electrons. The first kappa shape index (κ1) is 25.4. The van der Waals surface area contributed by atoms with Crippen LogP contribution in [-0.2, 0) is 13.1 Å². The van der Waals surface area contributed by atoms with Gasteiger partial charge in [-0.2, -0.15) is 9.61 Å². The second-order valence-electron chi connectivity index (χ2n) is 9.20. The molecule has 0 spiro atoms. The van der Waals surface area contributed by atoms with Crippen LogP contribution in [0.25, 0.3) is 16.9 Å². The van der Waals surface area contributed by atoms with Crippen molar-refractivity contribution in [2.75, 3.05) is 5.32 Å². The molecular weight excluding hydrogens is 495 g/mol. The van der Waals surface area contributed by atoms with Crippen LogP contribution in [0, 0.1) is 0 Å². The molecule has 0 aliphatic rings. The number of benzene rings is 3. The molecule has 9 heteroatoms. The van der Waals surface area contributed by atoms with E-state index in [1.54, 1.807) is 0 Å². The van der Waals surface area contributed by atoms with E-state index in [0.717, 1.165) is 44.9 Å². The number of halogens is 1. The van der Waals surface area contributed by atoms with E-state index in [0.29, 0.717) is 18.1 Å². The molecule has 5 rings (SSSR count). The highest BCUT2D eigenvalue weighted by Crippen LogP contribution is 2.28. The third-order valence-electron chi connectivity index (χ3n) is 6.39. The van der Waals surface area contributed by atoms with E-state index in [2.05, 4.69) is 33.2 Å². The Kier molecular flexibility index (Phi) is 7.61. The van der Waals surface area contributed by atoms with Crippen LogP contribution in [0.4, 0.5) is 10.6 Å². The first-order valence-electron chi connectivity index (χ1n) is 12.5. The monoisotopic (exact) mass is 522 g/mol. The fraction of sp³-hybridized carbons (Fsp3) is 0.138. The average Bonchev–Trinajstić information content (AvgIpc) is 3.32. The van der Waals surface area contributed by atoms with Crippen LogP contribution < -0.4 is 21.4 Å². The number of amides is 2. The number of hydrogen-bond donors (Lipinski definition) is 3. The van der Waals surface area contributed by atoms with Gasteiger partial charge in [0.15, 0.2) is 5.65 Å². The smallest absolute Gasteiger partial charge is 0.315 e. The van der Waals surface area contributed by atoms with Crippen molar-refractivity contribution in [1.82, 2.24) is 25.2 Å². The lowest BCUT2D eigenvalue weighted by Crippen LogP contribution is -2.36. The average molecular weight is 523 g/mol. The summed E-state index contributed by atoms with van der Waals surface area (Å²) >= 11 is 6.45. The minimum atomic E-state index is -0.197. The number of urea groups is 1. The third-order valence-corrected chi connectivity index (χ3v) is 6.72.